The van der Waals surface area contributed by atoms with Crippen molar-refractivity contribution in [3.63, 3.8) is 0 Å². The van der Waals surface area contributed by atoms with E-state index < -0.39 is 5.82 Å². The Morgan fingerprint density at radius 3 is 2.77 bits per heavy atom. The lowest BCUT2D eigenvalue weighted by molar-refractivity contribution is 0.0988. The van der Waals surface area contributed by atoms with E-state index in [9.17, 15) is 9.18 Å². The number of benzene rings is 1. The largest absolute Gasteiger partial charge is 0.294 e. The number of carbonyl (C=O) groups excluding carboxylic acids is 1. The normalized spacial score (nSPS) is 10.1. The molecule has 13 heavy (non-hydrogen) atoms. The van der Waals surface area contributed by atoms with Crippen LogP contribution in [0.2, 0.25) is 0 Å². The quantitative estimate of drug-likeness (QED) is 0.616. The molecule has 0 bridgehead atoms. The van der Waals surface area contributed by atoms with E-state index in [4.69, 9.17) is 0 Å². The highest BCUT2D eigenvalue weighted by Gasteiger charge is 2.11. The molecule has 1 aromatic carbocycles. The molecular weight excluding hydrogens is 303 g/mol. The molecule has 70 valence electrons. The third-order valence-corrected chi connectivity index (χ3v) is 2.78. The van der Waals surface area contributed by atoms with Crippen molar-refractivity contribution < 1.29 is 9.18 Å². The Morgan fingerprint density at radius 2 is 2.15 bits per heavy atom. The van der Waals surface area contributed by atoms with E-state index in [1.807, 2.05) is 0 Å². The highest BCUT2D eigenvalue weighted by molar-refractivity contribution is 9.10. The van der Waals surface area contributed by atoms with Crippen molar-refractivity contribution in [2.75, 3.05) is 5.33 Å². The first-order valence-electron chi connectivity index (χ1n) is 3.70. The SMILES string of the molecule is O=C(CCBr)c1cccc(F)c1Br. The Hall–Kier alpha value is -0.220. The van der Waals surface area contributed by atoms with Gasteiger partial charge in [0.25, 0.3) is 0 Å². The second-order valence-corrected chi connectivity index (χ2v) is 4.05. The summed E-state index contributed by atoms with van der Waals surface area (Å²) in [4.78, 5) is 11.4. The molecule has 0 saturated heterocycles. The monoisotopic (exact) mass is 308 g/mol. The van der Waals surface area contributed by atoms with E-state index >= 15 is 0 Å². The van der Waals surface area contributed by atoms with Crippen LogP contribution in [0.15, 0.2) is 22.7 Å². The van der Waals surface area contributed by atoms with Crippen LogP contribution in [0.5, 0.6) is 0 Å². The number of hydrogen-bond acceptors (Lipinski definition) is 1. The Labute approximate surface area is 92.6 Å². The average molecular weight is 310 g/mol. The molecule has 0 spiro atoms. The first kappa shape index (κ1) is 10.9. The molecule has 1 rings (SSSR count). The van der Waals surface area contributed by atoms with E-state index in [0.717, 1.165) is 0 Å². The molecule has 0 fully saturated rings. The molecule has 0 atom stereocenters. The Morgan fingerprint density at radius 1 is 1.46 bits per heavy atom. The molecule has 0 amide bonds. The third kappa shape index (κ3) is 2.61. The van der Waals surface area contributed by atoms with Gasteiger partial charge in [0.15, 0.2) is 5.78 Å². The molecule has 0 aliphatic heterocycles. The number of alkyl halides is 1. The van der Waals surface area contributed by atoms with Crippen LogP contribution in [-0.2, 0) is 0 Å². The zero-order chi connectivity index (χ0) is 9.84. The van der Waals surface area contributed by atoms with Gasteiger partial charge in [-0.1, -0.05) is 28.1 Å². The molecule has 0 saturated carbocycles. The summed E-state index contributed by atoms with van der Waals surface area (Å²) < 4.78 is 13.2. The minimum absolute atomic E-state index is 0.0664. The predicted octanol–water partition coefficient (Wildman–Crippen LogP) is 3.56. The fraction of sp³-hybridized carbons (Fsp3) is 0.222. The van der Waals surface area contributed by atoms with Crippen LogP contribution in [0.1, 0.15) is 16.8 Å². The van der Waals surface area contributed by atoms with Crippen LogP contribution >= 0.6 is 31.9 Å². The van der Waals surface area contributed by atoms with E-state index in [2.05, 4.69) is 31.9 Å². The van der Waals surface area contributed by atoms with Gasteiger partial charge in [-0.2, -0.15) is 0 Å². The van der Waals surface area contributed by atoms with Gasteiger partial charge in [0, 0.05) is 17.3 Å². The highest BCUT2D eigenvalue weighted by Crippen LogP contribution is 2.21. The summed E-state index contributed by atoms with van der Waals surface area (Å²) in [5, 5.41) is 0.592. The maximum atomic E-state index is 13.0. The Kier molecular flexibility index (Phi) is 4.06. The first-order chi connectivity index (χ1) is 6.16. The predicted molar refractivity (Wildman–Crippen MR) is 56.8 cm³/mol. The summed E-state index contributed by atoms with van der Waals surface area (Å²) in [6.45, 7) is 0. The molecule has 0 unspecified atom stereocenters. The summed E-state index contributed by atoms with van der Waals surface area (Å²) in [6, 6.07) is 4.45. The molecule has 0 N–H and O–H groups in total. The van der Waals surface area contributed by atoms with E-state index in [-0.39, 0.29) is 10.3 Å². The lowest BCUT2D eigenvalue weighted by atomic mass is 10.1. The van der Waals surface area contributed by atoms with Gasteiger partial charge in [0.2, 0.25) is 0 Å². The number of rotatable bonds is 3. The van der Waals surface area contributed by atoms with Gasteiger partial charge in [-0.3, -0.25) is 4.79 Å². The minimum Gasteiger partial charge on any atom is -0.294 e. The van der Waals surface area contributed by atoms with Crippen molar-refractivity contribution in [3.05, 3.63) is 34.1 Å². The number of halogens is 3. The van der Waals surface area contributed by atoms with Crippen molar-refractivity contribution in [3.8, 4) is 0 Å². The van der Waals surface area contributed by atoms with Gasteiger partial charge in [-0.25, -0.2) is 4.39 Å². The number of Topliss-reactive ketones (excluding diaryl/α,β-unsaturated/α-hetero) is 1. The van der Waals surface area contributed by atoms with Gasteiger partial charge in [-0.05, 0) is 22.0 Å². The summed E-state index contributed by atoms with van der Waals surface area (Å²) in [6.07, 6.45) is 0.377. The standard InChI is InChI=1S/C9H7Br2FO/c10-5-4-8(13)6-2-1-3-7(12)9(6)11/h1-3H,4-5H2. The van der Waals surface area contributed by atoms with E-state index in [1.54, 1.807) is 6.07 Å². The topological polar surface area (TPSA) is 17.1 Å². The van der Waals surface area contributed by atoms with Crippen molar-refractivity contribution in [2.24, 2.45) is 0 Å². The van der Waals surface area contributed by atoms with Crippen molar-refractivity contribution in [2.45, 2.75) is 6.42 Å². The Bertz CT molecular complexity index is 325. The molecule has 1 aromatic rings. The second-order valence-electron chi connectivity index (χ2n) is 2.46. The van der Waals surface area contributed by atoms with Gasteiger partial charge < -0.3 is 0 Å². The zero-order valence-corrected chi connectivity index (χ0v) is 9.86. The van der Waals surface area contributed by atoms with Crippen LogP contribution < -0.4 is 0 Å². The first-order valence-corrected chi connectivity index (χ1v) is 5.61. The smallest absolute Gasteiger partial charge is 0.164 e. The maximum Gasteiger partial charge on any atom is 0.164 e. The fourth-order valence-electron chi connectivity index (χ4n) is 0.940. The molecule has 0 heterocycles. The van der Waals surface area contributed by atoms with Crippen LogP contribution in [0.25, 0.3) is 0 Å². The number of ketones is 1. The van der Waals surface area contributed by atoms with Gasteiger partial charge in [0.05, 0.1) is 4.47 Å². The minimum atomic E-state index is -0.402. The maximum absolute atomic E-state index is 13.0. The Balaban J connectivity index is 3.01. The molecule has 4 heteroatoms. The van der Waals surface area contributed by atoms with Gasteiger partial charge in [0.1, 0.15) is 5.82 Å². The summed E-state index contributed by atoms with van der Waals surface area (Å²) in [7, 11) is 0. The van der Waals surface area contributed by atoms with Gasteiger partial charge in [-0.15, -0.1) is 0 Å². The van der Waals surface area contributed by atoms with Gasteiger partial charge >= 0.3 is 0 Å². The lowest BCUT2D eigenvalue weighted by Crippen LogP contribution is -2.01. The molecule has 0 aliphatic rings. The lowest BCUT2D eigenvalue weighted by Gasteiger charge is -2.02. The molecule has 0 radical (unpaired) electrons. The zero-order valence-electron chi connectivity index (χ0n) is 6.69. The van der Waals surface area contributed by atoms with Crippen molar-refractivity contribution >= 4 is 37.6 Å². The van der Waals surface area contributed by atoms with Crippen LogP contribution in [0.3, 0.4) is 0 Å². The van der Waals surface area contributed by atoms with Crippen LogP contribution in [-0.4, -0.2) is 11.1 Å². The van der Waals surface area contributed by atoms with Crippen LogP contribution in [0.4, 0.5) is 4.39 Å². The summed E-state index contributed by atoms with van der Waals surface area (Å²) in [5.41, 5.74) is 0.402. The molecule has 1 nitrogen and oxygen atoms in total. The van der Waals surface area contributed by atoms with E-state index in [0.29, 0.717) is 17.3 Å². The summed E-state index contributed by atoms with van der Waals surface area (Å²) in [5.74, 6) is -0.469. The van der Waals surface area contributed by atoms with Crippen molar-refractivity contribution in [1.29, 1.82) is 0 Å². The number of carbonyl (C=O) groups is 1. The fourth-order valence-corrected chi connectivity index (χ4v) is 1.79. The molecular formula is C9H7Br2FO. The molecule has 0 aromatic heterocycles. The molecule has 0 aliphatic carbocycles. The highest BCUT2D eigenvalue weighted by atomic mass is 79.9. The third-order valence-electron chi connectivity index (χ3n) is 1.57. The number of hydrogen-bond donors (Lipinski definition) is 0. The van der Waals surface area contributed by atoms with Crippen molar-refractivity contribution in [1.82, 2.24) is 0 Å². The summed E-state index contributed by atoms with van der Waals surface area (Å²) >= 11 is 6.20. The van der Waals surface area contributed by atoms with E-state index in [1.165, 1.54) is 12.1 Å². The second kappa shape index (κ2) is 4.86. The average Bonchev–Trinajstić information content (AvgIpc) is 2.10. The van der Waals surface area contributed by atoms with Crippen LogP contribution in [0, 0.1) is 5.82 Å².